The second kappa shape index (κ2) is 8.67. The van der Waals surface area contributed by atoms with Gasteiger partial charge in [0.25, 0.3) is 5.88 Å². The second-order valence-electron chi connectivity index (χ2n) is 7.33. The smallest absolute Gasteiger partial charge is 0.437 e. The fraction of sp³-hybridized carbons (Fsp3) is 0.238. The van der Waals surface area contributed by atoms with E-state index >= 15 is 0 Å². The predicted octanol–water partition coefficient (Wildman–Crippen LogP) is 3.71. The highest BCUT2D eigenvalue weighted by Crippen LogP contribution is 2.37. The van der Waals surface area contributed by atoms with Crippen LogP contribution in [0.4, 0.5) is 13.2 Å². The largest absolute Gasteiger partial charge is 0.507 e. The van der Waals surface area contributed by atoms with Gasteiger partial charge in [-0.3, -0.25) is 4.40 Å². The molecule has 0 saturated heterocycles. The normalized spacial score (nSPS) is 12.6. The SMILES string of the molecule is Cc1cc(Oc2nccn3c(-c4conc4C(F)(F)F)cnc23)cc(O)c1C(=O)O[C@H](C)CN. The number of imidazole rings is 1. The lowest BCUT2D eigenvalue weighted by Gasteiger charge is -2.14. The molecule has 3 N–H and O–H groups in total. The van der Waals surface area contributed by atoms with Gasteiger partial charge in [-0.2, -0.15) is 13.2 Å². The predicted molar refractivity (Wildman–Crippen MR) is 110 cm³/mol. The molecule has 10 nitrogen and oxygen atoms in total. The lowest BCUT2D eigenvalue weighted by Crippen LogP contribution is -2.24. The molecule has 3 heterocycles. The van der Waals surface area contributed by atoms with Crippen LogP contribution in [0.5, 0.6) is 17.4 Å². The van der Waals surface area contributed by atoms with Gasteiger partial charge in [-0.1, -0.05) is 5.16 Å². The summed E-state index contributed by atoms with van der Waals surface area (Å²) in [5.41, 5.74) is 4.43. The molecular weight excluding hydrogens is 459 g/mol. The van der Waals surface area contributed by atoms with Crippen LogP contribution in [0.2, 0.25) is 0 Å². The number of halogens is 3. The number of nitrogens with zero attached hydrogens (tertiary/aromatic N) is 4. The summed E-state index contributed by atoms with van der Waals surface area (Å²) in [5.74, 6) is -1.07. The fourth-order valence-corrected chi connectivity index (χ4v) is 3.25. The van der Waals surface area contributed by atoms with Crippen molar-refractivity contribution in [1.82, 2.24) is 19.5 Å². The molecule has 0 unspecified atom stereocenters. The molecule has 0 saturated carbocycles. The van der Waals surface area contributed by atoms with E-state index < -0.39 is 23.9 Å². The average Bonchev–Trinajstić information content (AvgIpc) is 3.40. The molecule has 1 aromatic carbocycles. The first-order valence-corrected chi connectivity index (χ1v) is 9.86. The molecule has 0 spiro atoms. The van der Waals surface area contributed by atoms with Crippen LogP contribution >= 0.6 is 0 Å². The molecule has 13 heteroatoms. The zero-order valence-corrected chi connectivity index (χ0v) is 17.8. The average molecular weight is 477 g/mol. The van der Waals surface area contributed by atoms with Gasteiger partial charge in [0.05, 0.1) is 17.5 Å². The maximum absolute atomic E-state index is 13.2. The molecular formula is C21H18F3N5O5. The number of ether oxygens (including phenoxy) is 2. The third kappa shape index (κ3) is 4.24. The van der Waals surface area contributed by atoms with Gasteiger partial charge in [-0.15, -0.1) is 0 Å². The van der Waals surface area contributed by atoms with Crippen molar-refractivity contribution in [3.05, 3.63) is 53.8 Å². The number of carbonyl (C=O) groups excluding carboxylic acids is 1. The summed E-state index contributed by atoms with van der Waals surface area (Å²) in [6, 6.07) is 2.66. The Morgan fingerprint density at radius 3 is 2.76 bits per heavy atom. The molecule has 0 aliphatic heterocycles. The van der Waals surface area contributed by atoms with E-state index in [0.717, 1.165) is 6.26 Å². The number of fused-ring (bicyclic) bond motifs is 1. The van der Waals surface area contributed by atoms with E-state index in [1.165, 1.54) is 35.1 Å². The number of rotatable bonds is 6. The molecule has 178 valence electrons. The van der Waals surface area contributed by atoms with Gasteiger partial charge in [-0.25, -0.2) is 14.8 Å². The Balaban J connectivity index is 1.68. The summed E-state index contributed by atoms with van der Waals surface area (Å²) >= 11 is 0. The van der Waals surface area contributed by atoms with E-state index in [-0.39, 0.29) is 46.4 Å². The topological polar surface area (TPSA) is 138 Å². The maximum atomic E-state index is 13.2. The highest BCUT2D eigenvalue weighted by molar-refractivity contribution is 5.94. The summed E-state index contributed by atoms with van der Waals surface area (Å²) < 4.78 is 56.5. The maximum Gasteiger partial charge on any atom is 0.437 e. The van der Waals surface area contributed by atoms with Crippen LogP contribution < -0.4 is 10.5 Å². The minimum Gasteiger partial charge on any atom is -0.507 e. The molecule has 0 aliphatic rings. The third-order valence-electron chi connectivity index (χ3n) is 4.86. The number of benzene rings is 1. The van der Waals surface area contributed by atoms with Crippen LogP contribution in [-0.4, -0.2) is 43.2 Å². The summed E-state index contributed by atoms with van der Waals surface area (Å²) in [6.45, 7) is 3.31. The first-order valence-electron chi connectivity index (χ1n) is 9.86. The highest BCUT2D eigenvalue weighted by Gasteiger charge is 2.38. The van der Waals surface area contributed by atoms with Gasteiger partial charge in [0.1, 0.15) is 29.4 Å². The minimum atomic E-state index is -4.72. The van der Waals surface area contributed by atoms with E-state index in [4.69, 9.17) is 15.2 Å². The minimum absolute atomic E-state index is 0.0472. The molecule has 34 heavy (non-hydrogen) atoms. The summed E-state index contributed by atoms with van der Waals surface area (Å²) in [4.78, 5) is 20.5. The van der Waals surface area contributed by atoms with Gasteiger partial charge < -0.3 is 24.8 Å². The standard InChI is InChI=1S/C21H18F3N5O5/c1-10-5-12(6-15(30)16(10)20(31)33-11(2)7-25)34-19-18-27-8-14(29(18)4-3-26-19)13-9-32-28-17(13)21(22,23)24/h3-6,8-9,11,30H,7,25H2,1-2H3/t11-/m1/s1. The molecule has 0 amide bonds. The number of nitrogens with two attached hydrogens (primary N) is 1. The summed E-state index contributed by atoms with van der Waals surface area (Å²) in [7, 11) is 0. The van der Waals surface area contributed by atoms with E-state index in [1.807, 2.05) is 0 Å². The van der Waals surface area contributed by atoms with E-state index in [0.29, 0.717) is 5.56 Å². The van der Waals surface area contributed by atoms with E-state index in [1.54, 1.807) is 13.8 Å². The lowest BCUT2D eigenvalue weighted by molar-refractivity contribution is -0.142. The van der Waals surface area contributed by atoms with Crippen LogP contribution in [0.25, 0.3) is 16.9 Å². The van der Waals surface area contributed by atoms with Gasteiger partial charge in [-0.05, 0) is 25.5 Å². The van der Waals surface area contributed by atoms with Crippen LogP contribution in [0, 0.1) is 6.92 Å². The Hall–Kier alpha value is -4.13. The Bertz CT molecular complexity index is 1340. The number of aromatic hydroxyl groups is 1. The zero-order chi connectivity index (χ0) is 24.6. The number of hydrogen-bond acceptors (Lipinski definition) is 9. The van der Waals surface area contributed by atoms with Gasteiger partial charge in [0.15, 0.2) is 5.69 Å². The fourth-order valence-electron chi connectivity index (χ4n) is 3.25. The van der Waals surface area contributed by atoms with Crippen molar-refractivity contribution in [3.8, 4) is 28.6 Å². The van der Waals surface area contributed by atoms with Crippen LogP contribution in [-0.2, 0) is 10.9 Å². The van der Waals surface area contributed by atoms with Gasteiger partial charge >= 0.3 is 12.1 Å². The van der Waals surface area contributed by atoms with E-state index in [9.17, 15) is 23.1 Å². The van der Waals surface area contributed by atoms with Crippen molar-refractivity contribution in [1.29, 1.82) is 0 Å². The number of hydrogen-bond donors (Lipinski definition) is 2. The summed E-state index contributed by atoms with van der Waals surface area (Å²) in [5, 5.41) is 13.4. The molecule has 0 bridgehead atoms. The van der Waals surface area contributed by atoms with Crippen molar-refractivity contribution in [3.63, 3.8) is 0 Å². The molecule has 4 rings (SSSR count). The molecule has 4 aromatic rings. The highest BCUT2D eigenvalue weighted by atomic mass is 19.4. The molecule has 0 radical (unpaired) electrons. The number of phenolic OH excluding ortho intramolecular Hbond substituents is 1. The first kappa shape index (κ1) is 23.0. The zero-order valence-electron chi connectivity index (χ0n) is 17.8. The van der Waals surface area contributed by atoms with Crippen molar-refractivity contribution in [2.45, 2.75) is 26.1 Å². The number of carbonyl (C=O) groups is 1. The molecule has 3 aromatic heterocycles. The van der Waals surface area contributed by atoms with Gasteiger partial charge in [0.2, 0.25) is 5.65 Å². The Kier molecular flexibility index (Phi) is 5.87. The van der Waals surface area contributed by atoms with Crippen molar-refractivity contribution >= 4 is 11.6 Å². The van der Waals surface area contributed by atoms with E-state index in [2.05, 4.69) is 19.6 Å². The van der Waals surface area contributed by atoms with Gasteiger partial charge in [0, 0.05) is 25.0 Å². The van der Waals surface area contributed by atoms with Crippen molar-refractivity contribution < 1.29 is 37.1 Å². The van der Waals surface area contributed by atoms with Crippen LogP contribution in [0.15, 0.2) is 41.5 Å². The number of phenols is 1. The monoisotopic (exact) mass is 477 g/mol. The number of esters is 1. The number of alkyl halides is 3. The lowest BCUT2D eigenvalue weighted by atomic mass is 10.1. The third-order valence-corrected chi connectivity index (χ3v) is 4.86. The molecule has 1 atom stereocenters. The quantitative estimate of drug-likeness (QED) is 0.398. The first-order chi connectivity index (χ1) is 16.1. The molecule has 0 fully saturated rings. The number of aryl methyl sites for hydroxylation is 1. The van der Waals surface area contributed by atoms with Crippen molar-refractivity contribution in [2.24, 2.45) is 5.73 Å². The number of aromatic nitrogens is 4. The Morgan fingerprint density at radius 1 is 1.32 bits per heavy atom. The van der Waals surface area contributed by atoms with Crippen LogP contribution in [0.3, 0.4) is 0 Å². The summed E-state index contributed by atoms with van der Waals surface area (Å²) in [6.07, 6.45) is -0.482. The molecule has 0 aliphatic carbocycles. The Labute approximate surface area is 189 Å². The van der Waals surface area contributed by atoms with Crippen LogP contribution in [0.1, 0.15) is 28.5 Å². The van der Waals surface area contributed by atoms with Crippen molar-refractivity contribution in [2.75, 3.05) is 6.54 Å². The second-order valence-corrected chi connectivity index (χ2v) is 7.33. The Morgan fingerprint density at radius 2 is 2.09 bits per heavy atom.